The number of unbranched alkanes of at least 4 members (excludes halogenated alkanes) is 27. The van der Waals surface area contributed by atoms with Crippen LogP contribution in [0.4, 0.5) is 0 Å². The van der Waals surface area contributed by atoms with Gasteiger partial charge in [-0.15, -0.1) is 0 Å². The van der Waals surface area contributed by atoms with E-state index in [-0.39, 0.29) is 21.7 Å². The topological polar surface area (TPSA) is 120 Å². The van der Waals surface area contributed by atoms with Gasteiger partial charge in [-0.1, -0.05) is 249 Å². The Balaban J connectivity index is 0.000000923. The van der Waals surface area contributed by atoms with E-state index >= 15 is 0 Å². The molecule has 0 bridgehead atoms. The van der Waals surface area contributed by atoms with Crippen LogP contribution in [0.5, 0.6) is 0 Å². The second-order valence-electron chi connectivity index (χ2n) is 17.3. The summed E-state index contributed by atoms with van der Waals surface area (Å²) in [7, 11) is 0. The minimum Gasteiger partial charge on any atom is -0.768 e. The molecule has 0 aliphatic heterocycles. The Kier molecular flexibility index (Phi) is 44.6. The quantitative estimate of drug-likeness (QED) is 0.0325. The van der Waals surface area contributed by atoms with Crippen molar-refractivity contribution in [3.05, 3.63) is 89.5 Å². The summed E-state index contributed by atoms with van der Waals surface area (Å²) < 4.78 is 66.6. The molecule has 3 unspecified atom stereocenters. The molecule has 0 saturated carbocycles. The minimum atomic E-state index is -2.11. The fraction of sp³-hybridized carbons (Fsp3) is 0.667. The Morgan fingerprint density at radius 3 is 0.656 bits per heavy atom. The van der Waals surface area contributed by atoms with Crippen LogP contribution >= 0.6 is 0 Å². The van der Waals surface area contributed by atoms with E-state index in [2.05, 4.69) is 20.8 Å². The molecule has 3 aromatic rings. The first-order valence-corrected chi connectivity index (χ1v) is 28.5. The molecule has 6 nitrogen and oxygen atoms in total. The SMILES string of the molecule is CCCCCCCCCCCCc1ccccc1S(=O)[O-].CCCCCCCCCCCCc1ccccc1S(=O)[O-].CCCCCCCCCCCCc1ccccc1S(=O)[O-].[Ti+3]. The first-order chi connectivity index (χ1) is 30.8. The zero-order chi connectivity index (χ0) is 46.0. The maximum atomic E-state index is 11.1. The third kappa shape index (κ3) is 34.1. The fourth-order valence-corrected chi connectivity index (χ4v) is 9.75. The first kappa shape index (κ1) is 62.7. The molecular formula is C54H87O6S3Ti. The molecular weight excluding hydrogens is 889 g/mol. The monoisotopic (exact) mass is 976 g/mol. The van der Waals surface area contributed by atoms with E-state index in [9.17, 15) is 26.3 Å². The molecule has 3 atom stereocenters. The van der Waals surface area contributed by atoms with E-state index in [1.165, 1.54) is 173 Å². The molecule has 0 heterocycles. The van der Waals surface area contributed by atoms with Crippen molar-refractivity contribution < 1.29 is 48.0 Å². The predicted molar refractivity (Wildman–Crippen MR) is 268 cm³/mol. The van der Waals surface area contributed by atoms with Crippen molar-refractivity contribution in [3.63, 3.8) is 0 Å². The molecule has 64 heavy (non-hydrogen) atoms. The summed E-state index contributed by atoms with van der Waals surface area (Å²) in [5.74, 6) is 0. The van der Waals surface area contributed by atoms with Gasteiger partial charge in [0.25, 0.3) is 0 Å². The summed E-state index contributed by atoms with van der Waals surface area (Å²) in [5.41, 5.74) is 2.89. The molecule has 0 aliphatic carbocycles. The summed E-state index contributed by atoms with van der Waals surface area (Å²) in [6, 6.07) is 22.0. The Labute approximate surface area is 415 Å². The van der Waals surface area contributed by atoms with Crippen molar-refractivity contribution in [1.82, 2.24) is 0 Å². The van der Waals surface area contributed by atoms with Gasteiger partial charge in [0.15, 0.2) is 0 Å². The third-order valence-electron chi connectivity index (χ3n) is 11.9. The van der Waals surface area contributed by atoms with Crippen molar-refractivity contribution >= 4 is 33.2 Å². The minimum absolute atomic E-state index is 0. The second-order valence-corrected chi connectivity index (χ2v) is 20.1. The van der Waals surface area contributed by atoms with Crippen LogP contribution in [0.3, 0.4) is 0 Å². The molecule has 0 amide bonds. The van der Waals surface area contributed by atoms with E-state index in [1.807, 2.05) is 36.4 Å². The number of rotatable bonds is 36. The molecule has 1 radical (unpaired) electrons. The van der Waals surface area contributed by atoms with Crippen molar-refractivity contribution in [3.8, 4) is 0 Å². The average Bonchev–Trinajstić information content (AvgIpc) is 3.29. The van der Waals surface area contributed by atoms with E-state index < -0.39 is 33.2 Å². The van der Waals surface area contributed by atoms with Gasteiger partial charge in [-0.3, -0.25) is 12.6 Å². The summed E-state index contributed by atoms with van der Waals surface area (Å²) >= 11 is -6.32. The van der Waals surface area contributed by atoms with E-state index in [4.69, 9.17) is 0 Å². The molecule has 3 rings (SSSR count). The van der Waals surface area contributed by atoms with Crippen molar-refractivity contribution in [2.75, 3.05) is 0 Å². The summed E-state index contributed by atoms with van der Waals surface area (Å²) in [6.07, 6.45) is 41.9. The van der Waals surface area contributed by atoms with Crippen LogP contribution in [0.15, 0.2) is 87.5 Å². The van der Waals surface area contributed by atoms with Crippen LogP contribution in [-0.4, -0.2) is 26.3 Å². The largest absolute Gasteiger partial charge is 3.00 e. The van der Waals surface area contributed by atoms with Gasteiger partial charge in [0.2, 0.25) is 0 Å². The van der Waals surface area contributed by atoms with Gasteiger partial charge in [0, 0.05) is 14.7 Å². The van der Waals surface area contributed by atoms with E-state index in [0.29, 0.717) is 14.7 Å². The van der Waals surface area contributed by atoms with Crippen LogP contribution < -0.4 is 0 Å². The molecule has 0 spiro atoms. The molecule has 0 saturated heterocycles. The van der Waals surface area contributed by atoms with E-state index in [1.54, 1.807) is 36.4 Å². The zero-order valence-corrected chi connectivity index (χ0v) is 44.4. The summed E-state index contributed by atoms with van der Waals surface area (Å²) in [6.45, 7) is 6.75. The number of hydrogen-bond acceptors (Lipinski definition) is 6. The molecule has 0 aliphatic rings. The van der Waals surface area contributed by atoms with Gasteiger partial charge in [-0.05, 0) is 107 Å². The van der Waals surface area contributed by atoms with Gasteiger partial charge < -0.3 is 13.7 Å². The normalized spacial score (nSPS) is 12.3. The van der Waals surface area contributed by atoms with Gasteiger partial charge in [-0.25, -0.2) is 0 Å². The van der Waals surface area contributed by atoms with Crippen molar-refractivity contribution in [2.24, 2.45) is 0 Å². The summed E-state index contributed by atoms with van der Waals surface area (Å²) in [4.78, 5) is 1.40. The molecule has 0 N–H and O–H groups in total. The Morgan fingerprint density at radius 1 is 0.297 bits per heavy atom. The first-order valence-electron chi connectivity index (χ1n) is 25.3. The average molecular weight is 976 g/mol. The van der Waals surface area contributed by atoms with Gasteiger partial charge in [-0.2, -0.15) is 0 Å². The molecule has 0 aromatic heterocycles. The molecule has 0 fully saturated rings. The maximum Gasteiger partial charge on any atom is 3.00 e. The number of hydrogen-bond donors (Lipinski definition) is 0. The smallest absolute Gasteiger partial charge is 0.768 e. The second kappa shape index (κ2) is 45.5. The van der Waals surface area contributed by atoms with Gasteiger partial charge >= 0.3 is 21.7 Å². The van der Waals surface area contributed by atoms with Gasteiger partial charge in [0.05, 0.1) is 0 Å². The fourth-order valence-electron chi connectivity index (χ4n) is 8.03. The standard InChI is InChI=1S/3C18H30O2S.Ti/c3*1-2-3-4-5-6-7-8-9-10-11-14-17-15-12-13-16-18(17)21(19)20;/h3*12-13,15-16H,2-11,14H2,1H3,(H,19,20);/q;;;+3/p-3. The predicted octanol–water partition coefficient (Wildman–Crippen LogP) is 16.2. The Morgan fingerprint density at radius 2 is 0.469 bits per heavy atom. The molecule has 10 heteroatoms. The third-order valence-corrected chi connectivity index (χ3v) is 14.1. The van der Waals surface area contributed by atoms with Crippen LogP contribution in [-0.2, 0) is 74.2 Å². The van der Waals surface area contributed by atoms with Gasteiger partial charge in [0.1, 0.15) is 0 Å². The number of benzene rings is 3. The Hall–Kier alpha value is -1.30. The number of aryl methyl sites for hydroxylation is 3. The van der Waals surface area contributed by atoms with Crippen molar-refractivity contribution in [2.45, 2.75) is 247 Å². The summed E-state index contributed by atoms with van der Waals surface area (Å²) in [5, 5.41) is 0. The van der Waals surface area contributed by atoms with Crippen LogP contribution in [0.1, 0.15) is 230 Å². The Bertz CT molecular complexity index is 1400. The molecule has 3 aromatic carbocycles. The van der Waals surface area contributed by atoms with Crippen LogP contribution in [0, 0.1) is 0 Å². The maximum absolute atomic E-state index is 11.1. The zero-order valence-electron chi connectivity index (χ0n) is 40.4. The van der Waals surface area contributed by atoms with E-state index in [0.717, 1.165) is 55.2 Å². The van der Waals surface area contributed by atoms with Crippen molar-refractivity contribution in [1.29, 1.82) is 0 Å². The van der Waals surface area contributed by atoms with Crippen LogP contribution in [0.25, 0.3) is 0 Å². The molecule has 361 valence electrons. The van der Waals surface area contributed by atoms with Crippen LogP contribution in [0.2, 0.25) is 0 Å².